The molecule has 0 aromatic rings. The van der Waals surface area contributed by atoms with Crippen LogP contribution < -0.4 is 0 Å². The molecule has 1 N–H and O–H groups in total. The van der Waals surface area contributed by atoms with Crippen molar-refractivity contribution in [2.75, 3.05) is 0 Å². The van der Waals surface area contributed by atoms with Crippen molar-refractivity contribution in [1.29, 1.82) is 0 Å². The Bertz CT molecular complexity index is 291. The van der Waals surface area contributed by atoms with E-state index < -0.39 is 0 Å². The van der Waals surface area contributed by atoms with Gasteiger partial charge in [0.25, 0.3) is 0 Å². The Labute approximate surface area is 156 Å². The first-order chi connectivity index (χ1) is 12.1. The third kappa shape index (κ3) is 18.0. The maximum absolute atomic E-state index is 11.5. The van der Waals surface area contributed by atoms with Gasteiger partial charge in [-0.25, -0.2) is 0 Å². The summed E-state index contributed by atoms with van der Waals surface area (Å²) in [6, 6.07) is 0. The van der Waals surface area contributed by atoms with Crippen molar-refractivity contribution in [2.24, 2.45) is 0 Å². The summed E-state index contributed by atoms with van der Waals surface area (Å²) in [5.74, 6) is -0.0310. The van der Waals surface area contributed by atoms with Crippen LogP contribution >= 0.6 is 0 Å². The van der Waals surface area contributed by atoms with Gasteiger partial charge in [0.05, 0.1) is 12.2 Å². The van der Waals surface area contributed by atoms with Gasteiger partial charge in [-0.15, -0.1) is 0 Å². The second-order valence-corrected chi connectivity index (χ2v) is 7.58. The van der Waals surface area contributed by atoms with E-state index >= 15 is 0 Å². The Kier molecular flexibility index (Phi) is 17.8. The molecule has 0 aliphatic rings. The van der Waals surface area contributed by atoms with E-state index in [4.69, 9.17) is 4.74 Å². The Hall–Kier alpha value is -0.570. The SMILES string of the molecule is CCCC(O)CCCCCCCCCCCCCC(=O)OC(C)CC. The molecule has 0 saturated heterocycles. The summed E-state index contributed by atoms with van der Waals surface area (Å²) in [5.41, 5.74) is 0. The number of unbranched alkanes of at least 4 members (excludes halogenated alkanes) is 10. The highest BCUT2D eigenvalue weighted by Crippen LogP contribution is 2.14. The van der Waals surface area contributed by atoms with E-state index in [0.29, 0.717) is 6.42 Å². The van der Waals surface area contributed by atoms with Crippen molar-refractivity contribution in [3.8, 4) is 0 Å². The molecule has 3 nitrogen and oxygen atoms in total. The number of esters is 1. The molecule has 25 heavy (non-hydrogen) atoms. The third-order valence-corrected chi connectivity index (χ3v) is 4.95. The minimum Gasteiger partial charge on any atom is -0.463 e. The molecule has 0 radical (unpaired) electrons. The molecule has 0 aliphatic heterocycles. The molecule has 0 bridgehead atoms. The first-order valence-corrected chi connectivity index (χ1v) is 11.0. The van der Waals surface area contributed by atoms with E-state index in [9.17, 15) is 9.90 Å². The van der Waals surface area contributed by atoms with Crippen molar-refractivity contribution in [3.05, 3.63) is 0 Å². The van der Waals surface area contributed by atoms with Gasteiger partial charge in [-0.05, 0) is 32.6 Å². The molecule has 0 amide bonds. The van der Waals surface area contributed by atoms with Crippen molar-refractivity contribution in [3.63, 3.8) is 0 Å². The van der Waals surface area contributed by atoms with Crippen molar-refractivity contribution in [1.82, 2.24) is 0 Å². The zero-order valence-electron chi connectivity index (χ0n) is 17.2. The van der Waals surface area contributed by atoms with Gasteiger partial charge >= 0.3 is 5.97 Å². The number of rotatable bonds is 18. The summed E-state index contributed by atoms with van der Waals surface area (Å²) in [6.07, 6.45) is 18.3. The maximum atomic E-state index is 11.5. The van der Waals surface area contributed by atoms with Crippen LogP contribution in [0.3, 0.4) is 0 Å². The molecule has 0 spiro atoms. The van der Waals surface area contributed by atoms with Crippen LogP contribution in [0.25, 0.3) is 0 Å². The van der Waals surface area contributed by atoms with Crippen LogP contribution in [0.5, 0.6) is 0 Å². The molecular weight excluding hydrogens is 312 g/mol. The van der Waals surface area contributed by atoms with Crippen molar-refractivity contribution >= 4 is 5.97 Å². The molecule has 0 rings (SSSR count). The summed E-state index contributed by atoms with van der Waals surface area (Å²) >= 11 is 0. The fourth-order valence-corrected chi connectivity index (χ4v) is 3.08. The van der Waals surface area contributed by atoms with E-state index in [1.54, 1.807) is 0 Å². The van der Waals surface area contributed by atoms with Crippen molar-refractivity contribution in [2.45, 2.75) is 136 Å². The number of ether oxygens (including phenoxy) is 1. The largest absolute Gasteiger partial charge is 0.463 e. The molecule has 0 aromatic heterocycles. The van der Waals surface area contributed by atoms with Gasteiger partial charge in [0.1, 0.15) is 0 Å². The molecule has 0 saturated carbocycles. The highest BCUT2D eigenvalue weighted by Gasteiger charge is 2.06. The number of hydrogen-bond acceptors (Lipinski definition) is 3. The highest BCUT2D eigenvalue weighted by atomic mass is 16.5. The van der Waals surface area contributed by atoms with Crippen LogP contribution in [-0.2, 0) is 9.53 Å². The standard InChI is InChI=1S/C22H44O3/c1-4-17-21(23)18-15-13-11-9-7-6-8-10-12-14-16-19-22(24)25-20(3)5-2/h20-21,23H,4-19H2,1-3H3. The van der Waals surface area contributed by atoms with Crippen LogP contribution in [0.15, 0.2) is 0 Å². The molecule has 0 fully saturated rings. The van der Waals surface area contributed by atoms with Gasteiger partial charge in [-0.3, -0.25) is 4.79 Å². The first-order valence-electron chi connectivity index (χ1n) is 11.0. The monoisotopic (exact) mass is 356 g/mol. The number of carbonyl (C=O) groups excluding carboxylic acids is 1. The van der Waals surface area contributed by atoms with E-state index in [-0.39, 0.29) is 18.2 Å². The number of carbonyl (C=O) groups is 1. The van der Waals surface area contributed by atoms with Crippen LogP contribution in [0.2, 0.25) is 0 Å². The maximum Gasteiger partial charge on any atom is 0.306 e. The van der Waals surface area contributed by atoms with Gasteiger partial charge in [-0.2, -0.15) is 0 Å². The number of hydrogen-bond donors (Lipinski definition) is 1. The number of aliphatic hydroxyl groups is 1. The molecule has 3 heteroatoms. The quantitative estimate of drug-likeness (QED) is 0.223. The summed E-state index contributed by atoms with van der Waals surface area (Å²) in [6.45, 7) is 6.12. The minimum atomic E-state index is -0.0677. The summed E-state index contributed by atoms with van der Waals surface area (Å²) in [5, 5.41) is 9.66. The minimum absolute atomic E-state index is 0.0310. The highest BCUT2D eigenvalue weighted by molar-refractivity contribution is 5.69. The first kappa shape index (κ1) is 24.4. The van der Waals surface area contributed by atoms with Gasteiger partial charge in [-0.1, -0.05) is 84.5 Å². The van der Waals surface area contributed by atoms with Gasteiger partial charge in [0, 0.05) is 6.42 Å². The summed E-state index contributed by atoms with van der Waals surface area (Å²) in [4.78, 5) is 11.5. The normalized spacial score (nSPS) is 13.6. The Balaban J connectivity index is 3.18. The Morgan fingerprint density at radius 2 is 1.28 bits per heavy atom. The Morgan fingerprint density at radius 3 is 1.76 bits per heavy atom. The van der Waals surface area contributed by atoms with Gasteiger partial charge in [0.15, 0.2) is 0 Å². The molecular formula is C22H44O3. The van der Waals surface area contributed by atoms with Gasteiger partial charge in [0.2, 0.25) is 0 Å². The second-order valence-electron chi connectivity index (χ2n) is 7.58. The molecule has 2 unspecified atom stereocenters. The lowest BCUT2D eigenvalue weighted by Gasteiger charge is -2.10. The second kappa shape index (κ2) is 18.2. The summed E-state index contributed by atoms with van der Waals surface area (Å²) in [7, 11) is 0. The van der Waals surface area contributed by atoms with Crippen LogP contribution in [0.1, 0.15) is 124 Å². The smallest absolute Gasteiger partial charge is 0.306 e. The fourth-order valence-electron chi connectivity index (χ4n) is 3.08. The molecule has 0 heterocycles. The molecule has 0 aliphatic carbocycles. The van der Waals surface area contributed by atoms with Crippen LogP contribution in [-0.4, -0.2) is 23.3 Å². The van der Waals surface area contributed by atoms with Crippen LogP contribution in [0, 0.1) is 0 Å². The molecule has 2 atom stereocenters. The van der Waals surface area contributed by atoms with E-state index in [1.165, 1.54) is 57.8 Å². The Morgan fingerprint density at radius 1 is 0.800 bits per heavy atom. The zero-order valence-corrected chi connectivity index (χ0v) is 17.2. The average Bonchev–Trinajstić information content (AvgIpc) is 2.59. The molecule has 0 aromatic carbocycles. The van der Waals surface area contributed by atoms with Crippen LogP contribution in [0.4, 0.5) is 0 Å². The topological polar surface area (TPSA) is 46.5 Å². The fraction of sp³-hybridized carbons (Fsp3) is 0.955. The lowest BCUT2D eigenvalue weighted by Crippen LogP contribution is -2.13. The lowest BCUT2D eigenvalue weighted by atomic mass is 10.0. The van der Waals surface area contributed by atoms with Gasteiger partial charge < -0.3 is 9.84 Å². The third-order valence-electron chi connectivity index (χ3n) is 4.95. The predicted molar refractivity (Wildman–Crippen MR) is 107 cm³/mol. The molecule has 150 valence electrons. The lowest BCUT2D eigenvalue weighted by molar-refractivity contribution is -0.148. The van der Waals surface area contributed by atoms with E-state index in [2.05, 4.69) is 6.92 Å². The number of aliphatic hydroxyl groups excluding tert-OH is 1. The zero-order chi connectivity index (χ0) is 18.8. The van der Waals surface area contributed by atoms with Crippen molar-refractivity contribution < 1.29 is 14.6 Å². The summed E-state index contributed by atoms with van der Waals surface area (Å²) < 4.78 is 5.27. The van der Waals surface area contributed by atoms with E-state index in [1.807, 2.05) is 13.8 Å². The average molecular weight is 357 g/mol. The van der Waals surface area contributed by atoms with E-state index in [0.717, 1.165) is 38.5 Å². The predicted octanol–water partition coefficient (Wildman–Crippen LogP) is 6.56.